The summed E-state index contributed by atoms with van der Waals surface area (Å²) in [7, 11) is 6.72. The summed E-state index contributed by atoms with van der Waals surface area (Å²) in [5.41, 5.74) is 0. The van der Waals surface area contributed by atoms with Crippen LogP contribution in [0.3, 0.4) is 0 Å². The first-order valence-corrected chi connectivity index (χ1v) is 7.39. The van der Waals surface area contributed by atoms with Gasteiger partial charge in [0.05, 0.1) is 0 Å². The van der Waals surface area contributed by atoms with Crippen LogP contribution in [0.25, 0.3) is 0 Å². The standard InChI is InChI=1S/C14H32N4/c1-5-6-18-13-11-16(3)9-7-15(2)8-10-17(4)12-14-18/h5-14H2,1-4H3. The van der Waals surface area contributed by atoms with E-state index >= 15 is 0 Å². The van der Waals surface area contributed by atoms with Gasteiger partial charge in [-0.2, -0.15) is 0 Å². The predicted molar refractivity (Wildman–Crippen MR) is 79.2 cm³/mol. The molecule has 0 aliphatic carbocycles. The van der Waals surface area contributed by atoms with E-state index in [-0.39, 0.29) is 0 Å². The van der Waals surface area contributed by atoms with Crippen LogP contribution in [0.2, 0.25) is 0 Å². The molecule has 0 aromatic carbocycles. The molecule has 0 radical (unpaired) electrons. The minimum atomic E-state index is 1.18. The Morgan fingerprint density at radius 2 is 0.944 bits per heavy atom. The maximum atomic E-state index is 2.61. The van der Waals surface area contributed by atoms with Crippen molar-refractivity contribution in [2.75, 3.05) is 80.0 Å². The van der Waals surface area contributed by atoms with E-state index < -0.39 is 0 Å². The summed E-state index contributed by atoms with van der Waals surface area (Å²) >= 11 is 0. The van der Waals surface area contributed by atoms with Crippen LogP contribution in [0.5, 0.6) is 0 Å². The highest BCUT2D eigenvalue weighted by Gasteiger charge is 2.10. The molecule has 1 saturated heterocycles. The highest BCUT2D eigenvalue weighted by molar-refractivity contribution is 4.67. The molecule has 1 rings (SSSR count). The van der Waals surface area contributed by atoms with E-state index in [4.69, 9.17) is 0 Å². The Labute approximate surface area is 114 Å². The zero-order valence-corrected chi connectivity index (χ0v) is 12.9. The smallest absolute Gasteiger partial charge is 0.0110 e. The minimum absolute atomic E-state index is 1.18. The fourth-order valence-electron chi connectivity index (χ4n) is 2.29. The van der Waals surface area contributed by atoms with Crippen molar-refractivity contribution in [1.82, 2.24) is 19.6 Å². The van der Waals surface area contributed by atoms with Crippen LogP contribution in [-0.2, 0) is 0 Å². The van der Waals surface area contributed by atoms with Crippen LogP contribution in [0.15, 0.2) is 0 Å². The first kappa shape index (κ1) is 15.9. The molecule has 0 atom stereocenters. The largest absolute Gasteiger partial charge is 0.304 e. The third-order valence-corrected chi connectivity index (χ3v) is 3.86. The molecule has 1 aliphatic heterocycles. The van der Waals surface area contributed by atoms with Gasteiger partial charge < -0.3 is 19.6 Å². The van der Waals surface area contributed by atoms with E-state index in [0.29, 0.717) is 0 Å². The second-order valence-electron chi connectivity index (χ2n) is 5.75. The SMILES string of the molecule is CCCN1CCN(C)CCN(C)CCN(C)CC1. The van der Waals surface area contributed by atoms with Crippen molar-refractivity contribution in [3.05, 3.63) is 0 Å². The van der Waals surface area contributed by atoms with Gasteiger partial charge in [-0.05, 0) is 34.1 Å². The van der Waals surface area contributed by atoms with E-state index in [1.807, 2.05) is 0 Å². The van der Waals surface area contributed by atoms with Gasteiger partial charge in [-0.3, -0.25) is 0 Å². The number of hydrogen-bond donors (Lipinski definition) is 0. The Bertz CT molecular complexity index is 192. The first-order valence-electron chi connectivity index (χ1n) is 7.39. The molecule has 108 valence electrons. The lowest BCUT2D eigenvalue weighted by Gasteiger charge is -2.30. The number of hydrogen-bond acceptors (Lipinski definition) is 4. The minimum Gasteiger partial charge on any atom is -0.304 e. The molecule has 0 spiro atoms. The van der Waals surface area contributed by atoms with Crippen molar-refractivity contribution < 1.29 is 0 Å². The van der Waals surface area contributed by atoms with Crippen LogP contribution in [0, 0.1) is 0 Å². The van der Waals surface area contributed by atoms with Crippen LogP contribution < -0.4 is 0 Å². The predicted octanol–water partition coefficient (Wildman–Crippen LogP) is 0.507. The summed E-state index contributed by atoms with van der Waals surface area (Å²) in [6.45, 7) is 13.0. The van der Waals surface area contributed by atoms with Crippen LogP contribution in [0.1, 0.15) is 13.3 Å². The van der Waals surface area contributed by atoms with Crippen molar-refractivity contribution in [2.24, 2.45) is 0 Å². The van der Waals surface area contributed by atoms with Gasteiger partial charge in [-0.15, -0.1) is 0 Å². The Hall–Kier alpha value is -0.160. The fraction of sp³-hybridized carbons (Fsp3) is 1.00. The van der Waals surface area contributed by atoms with Crippen LogP contribution in [0.4, 0.5) is 0 Å². The molecule has 0 bridgehead atoms. The van der Waals surface area contributed by atoms with E-state index in [0.717, 1.165) is 0 Å². The summed E-state index contributed by atoms with van der Waals surface area (Å²) < 4.78 is 0. The third-order valence-electron chi connectivity index (χ3n) is 3.86. The maximum absolute atomic E-state index is 2.61. The normalized spacial score (nSPS) is 24.7. The highest BCUT2D eigenvalue weighted by atomic mass is 15.2. The summed E-state index contributed by atoms with van der Waals surface area (Å²) in [6.07, 6.45) is 1.26. The van der Waals surface area contributed by atoms with Gasteiger partial charge in [-0.1, -0.05) is 6.92 Å². The quantitative estimate of drug-likeness (QED) is 0.713. The Balaban J connectivity index is 2.45. The molecular weight excluding hydrogens is 224 g/mol. The number of likely N-dealkylation sites (N-methyl/N-ethyl adjacent to an activating group) is 3. The molecule has 0 saturated carbocycles. The molecule has 0 aromatic rings. The monoisotopic (exact) mass is 256 g/mol. The maximum Gasteiger partial charge on any atom is 0.0110 e. The van der Waals surface area contributed by atoms with E-state index in [1.54, 1.807) is 0 Å². The zero-order valence-electron chi connectivity index (χ0n) is 12.9. The molecular formula is C14H32N4. The van der Waals surface area contributed by atoms with Crippen molar-refractivity contribution >= 4 is 0 Å². The summed E-state index contributed by atoms with van der Waals surface area (Å²) in [5, 5.41) is 0. The Kier molecular flexibility index (Phi) is 7.82. The molecule has 0 aromatic heterocycles. The van der Waals surface area contributed by atoms with Crippen LogP contribution >= 0.6 is 0 Å². The fourth-order valence-corrected chi connectivity index (χ4v) is 2.29. The van der Waals surface area contributed by atoms with Gasteiger partial charge in [0.2, 0.25) is 0 Å². The van der Waals surface area contributed by atoms with Gasteiger partial charge >= 0.3 is 0 Å². The lowest BCUT2D eigenvalue weighted by Crippen LogP contribution is -2.43. The molecule has 1 fully saturated rings. The van der Waals surface area contributed by atoms with Crippen molar-refractivity contribution in [3.8, 4) is 0 Å². The molecule has 18 heavy (non-hydrogen) atoms. The van der Waals surface area contributed by atoms with Gasteiger partial charge in [0.1, 0.15) is 0 Å². The van der Waals surface area contributed by atoms with Gasteiger partial charge in [0.15, 0.2) is 0 Å². The first-order chi connectivity index (χ1) is 8.61. The summed E-state index contributed by atoms with van der Waals surface area (Å²) in [6, 6.07) is 0. The number of nitrogens with zero attached hydrogens (tertiary/aromatic N) is 4. The topological polar surface area (TPSA) is 13.0 Å². The lowest BCUT2D eigenvalue weighted by molar-refractivity contribution is 0.166. The highest BCUT2D eigenvalue weighted by Crippen LogP contribution is 1.97. The second kappa shape index (κ2) is 8.86. The zero-order chi connectivity index (χ0) is 13.4. The third kappa shape index (κ3) is 6.69. The van der Waals surface area contributed by atoms with Crippen LogP contribution in [-0.4, -0.2) is 99.6 Å². The van der Waals surface area contributed by atoms with Crippen molar-refractivity contribution in [2.45, 2.75) is 13.3 Å². The average Bonchev–Trinajstić information content (AvgIpc) is 2.35. The Morgan fingerprint density at radius 3 is 1.28 bits per heavy atom. The molecule has 0 unspecified atom stereocenters. The van der Waals surface area contributed by atoms with Gasteiger partial charge in [-0.25, -0.2) is 0 Å². The van der Waals surface area contributed by atoms with Crippen molar-refractivity contribution in [3.63, 3.8) is 0 Å². The second-order valence-corrected chi connectivity index (χ2v) is 5.75. The average molecular weight is 256 g/mol. The molecule has 4 heteroatoms. The molecule has 0 amide bonds. The molecule has 0 N–H and O–H groups in total. The molecule has 1 aliphatic rings. The van der Waals surface area contributed by atoms with Gasteiger partial charge in [0, 0.05) is 52.4 Å². The van der Waals surface area contributed by atoms with E-state index in [9.17, 15) is 0 Å². The van der Waals surface area contributed by atoms with E-state index in [1.165, 1.54) is 65.3 Å². The summed E-state index contributed by atoms with van der Waals surface area (Å²) in [4.78, 5) is 9.98. The van der Waals surface area contributed by atoms with Gasteiger partial charge in [0.25, 0.3) is 0 Å². The van der Waals surface area contributed by atoms with E-state index in [2.05, 4.69) is 47.7 Å². The molecule has 1 heterocycles. The lowest BCUT2D eigenvalue weighted by atomic mass is 10.3. The van der Waals surface area contributed by atoms with Crippen molar-refractivity contribution in [1.29, 1.82) is 0 Å². The summed E-state index contributed by atoms with van der Waals surface area (Å²) in [5.74, 6) is 0. The molecule has 4 nitrogen and oxygen atoms in total. The Morgan fingerprint density at radius 1 is 0.611 bits per heavy atom. The number of rotatable bonds is 2.